The third-order valence-corrected chi connectivity index (χ3v) is 7.85. The topological polar surface area (TPSA) is 91.3 Å². The molecule has 0 bridgehead atoms. The molecule has 1 aliphatic heterocycles. The average molecular weight is 469 g/mol. The Bertz CT molecular complexity index is 1270. The van der Waals surface area contributed by atoms with Crippen molar-refractivity contribution in [3.63, 3.8) is 0 Å². The summed E-state index contributed by atoms with van der Waals surface area (Å²) >= 11 is 1.69. The predicted molar refractivity (Wildman–Crippen MR) is 127 cm³/mol. The van der Waals surface area contributed by atoms with Crippen LogP contribution in [0.2, 0.25) is 0 Å². The van der Waals surface area contributed by atoms with Gasteiger partial charge >= 0.3 is 0 Å². The van der Waals surface area contributed by atoms with Crippen LogP contribution < -0.4 is 15.6 Å². The maximum Gasteiger partial charge on any atom is 0.291 e. The Morgan fingerprint density at radius 3 is 2.82 bits per heavy atom. The van der Waals surface area contributed by atoms with Gasteiger partial charge in [0.25, 0.3) is 11.5 Å². The summed E-state index contributed by atoms with van der Waals surface area (Å²) in [5.74, 6) is 1.75. The number of rotatable bonds is 4. The molecule has 1 saturated carbocycles. The zero-order valence-electron chi connectivity index (χ0n) is 19.1. The van der Waals surface area contributed by atoms with Gasteiger partial charge in [-0.25, -0.2) is 4.68 Å². The van der Waals surface area contributed by atoms with Crippen molar-refractivity contribution in [2.45, 2.75) is 56.4 Å². The Morgan fingerprint density at radius 2 is 2.06 bits per heavy atom. The normalized spacial score (nSPS) is 16.1. The molecule has 0 radical (unpaired) electrons. The molecule has 174 valence electrons. The Hall–Kier alpha value is -2.94. The van der Waals surface area contributed by atoms with Gasteiger partial charge in [-0.05, 0) is 44.4 Å². The van der Waals surface area contributed by atoms with Gasteiger partial charge in [-0.1, -0.05) is 24.4 Å². The molecular weight excluding hydrogens is 440 g/mol. The van der Waals surface area contributed by atoms with Crippen LogP contribution in [0.3, 0.4) is 0 Å². The van der Waals surface area contributed by atoms with E-state index < -0.39 is 5.91 Å². The van der Waals surface area contributed by atoms with Crippen LogP contribution in [0.15, 0.2) is 32.4 Å². The number of aromatic nitrogens is 3. The van der Waals surface area contributed by atoms with E-state index in [4.69, 9.17) is 9.26 Å². The zero-order valence-corrected chi connectivity index (χ0v) is 20.0. The van der Waals surface area contributed by atoms with E-state index in [-0.39, 0.29) is 17.3 Å². The lowest BCUT2D eigenvalue weighted by molar-refractivity contribution is 0.101. The Balaban J connectivity index is 1.47. The lowest BCUT2D eigenvalue weighted by Gasteiger charge is -2.24. The number of nitrogens with zero attached hydrogens (tertiary/aromatic N) is 3. The van der Waals surface area contributed by atoms with Crippen LogP contribution in [0.25, 0.3) is 11.3 Å². The molecule has 9 heteroatoms. The number of carbonyl (C=O) groups is 1. The van der Waals surface area contributed by atoms with Crippen LogP contribution in [0.5, 0.6) is 5.75 Å². The lowest BCUT2D eigenvalue weighted by Crippen LogP contribution is -2.29. The van der Waals surface area contributed by atoms with Crippen LogP contribution in [0.4, 0.5) is 5.69 Å². The molecule has 3 heterocycles. The highest BCUT2D eigenvalue weighted by molar-refractivity contribution is 7.99. The molecule has 1 amide bonds. The summed E-state index contributed by atoms with van der Waals surface area (Å²) in [5.41, 5.74) is 2.80. The standard InChI is InChI=1S/C24H28N4O4S/c1-14-20(24(30)28(27(14)2)15-7-5-4-6-8-15)25-23(29)21-18-11-12-33-19-13-16(31-3)9-10-17(19)22(18)32-26-21/h9-10,13,15H,4-8,11-12H2,1-3H3,(H,25,29). The third kappa shape index (κ3) is 3.78. The fraction of sp³-hybridized carbons (Fsp3) is 0.458. The van der Waals surface area contributed by atoms with Gasteiger partial charge in [0.05, 0.1) is 18.8 Å². The molecule has 2 aromatic heterocycles. The molecule has 0 unspecified atom stereocenters. The second-order valence-electron chi connectivity index (χ2n) is 8.68. The molecular formula is C24H28N4O4S. The van der Waals surface area contributed by atoms with E-state index in [1.165, 1.54) is 6.42 Å². The number of hydrogen-bond acceptors (Lipinski definition) is 6. The highest BCUT2D eigenvalue weighted by Gasteiger charge is 2.29. The Kier molecular flexibility index (Phi) is 5.82. The summed E-state index contributed by atoms with van der Waals surface area (Å²) in [4.78, 5) is 27.5. The first-order valence-corrected chi connectivity index (χ1v) is 12.4. The molecule has 0 atom stereocenters. The van der Waals surface area contributed by atoms with Gasteiger partial charge in [0, 0.05) is 28.8 Å². The molecule has 1 aromatic carbocycles. The molecule has 5 rings (SSSR count). The van der Waals surface area contributed by atoms with Crippen molar-refractivity contribution in [3.8, 4) is 17.1 Å². The van der Waals surface area contributed by atoms with Gasteiger partial charge in [-0.15, -0.1) is 11.8 Å². The molecule has 3 aromatic rings. The smallest absolute Gasteiger partial charge is 0.291 e. The van der Waals surface area contributed by atoms with Crippen molar-refractivity contribution in [1.82, 2.24) is 14.5 Å². The highest BCUT2D eigenvalue weighted by atomic mass is 32.2. The number of benzene rings is 1. The van der Waals surface area contributed by atoms with Gasteiger partial charge in [0.2, 0.25) is 0 Å². The van der Waals surface area contributed by atoms with Gasteiger partial charge in [-0.3, -0.25) is 14.3 Å². The first kappa shape index (κ1) is 21.9. The monoisotopic (exact) mass is 468 g/mol. The Labute approximate surface area is 196 Å². The minimum absolute atomic E-state index is 0.155. The number of hydrogen-bond donors (Lipinski definition) is 1. The number of nitrogens with one attached hydrogen (secondary N) is 1. The molecule has 1 fully saturated rings. The zero-order chi connectivity index (χ0) is 23.1. The van der Waals surface area contributed by atoms with Crippen LogP contribution in [0.1, 0.15) is 59.9 Å². The van der Waals surface area contributed by atoms with E-state index >= 15 is 0 Å². The highest BCUT2D eigenvalue weighted by Crippen LogP contribution is 2.40. The van der Waals surface area contributed by atoms with E-state index in [1.54, 1.807) is 23.6 Å². The molecule has 0 saturated heterocycles. The van der Waals surface area contributed by atoms with Gasteiger partial charge in [-0.2, -0.15) is 0 Å². The molecule has 8 nitrogen and oxygen atoms in total. The third-order valence-electron chi connectivity index (χ3n) is 6.80. The summed E-state index contributed by atoms with van der Waals surface area (Å²) in [6.45, 7) is 1.86. The maximum absolute atomic E-state index is 13.3. The van der Waals surface area contributed by atoms with E-state index in [0.29, 0.717) is 17.9 Å². The van der Waals surface area contributed by atoms with Crippen molar-refractivity contribution in [2.75, 3.05) is 18.2 Å². The van der Waals surface area contributed by atoms with Crippen molar-refractivity contribution in [3.05, 3.63) is 45.5 Å². The van der Waals surface area contributed by atoms with Crippen molar-refractivity contribution in [1.29, 1.82) is 0 Å². The summed E-state index contributed by atoms with van der Waals surface area (Å²) in [5, 5.41) is 6.96. The molecule has 1 aliphatic carbocycles. The largest absolute Gasteiger partial charge is 0.497 e. The van der Waals surface area contributed by atoms with E-state index in [2.05, 4.69) is 10.5 Å². The summed E-state index contributed by atoms with van der Waals surface area (Å²) < 4.78 is 14.7. The van der Waals surface area contributed by atoms with Crippen LogP contribution in [0, 0.1) is 6.92 Å². The predicted octanol–water partition coefficient (Wildman–Crippen LogP) is 4.56. The summed E-state index contributed by atoms with van der Waals surface area (Å²) in [7, 11) is 3.52. The van der Waals surface area contributed by atoms with Crippen molar-refractivity contribution < 1.29 is 14.1 Å². The molecule has 1 N–H and O–H groups in total. The minimum atomic E-state index is -0.413. The number of fused-ring (bicyclic) bond motifs is 3. The Morgan fingerprint density at radius 1 is 1.27 bits per heavy atom. The molecule has 33 heavy (non-hydrogen) atoms. The quantitative estimate of drug-likeness (QED) is 0.603. The molecule has 0 spiro atoms. The second kappa shape index (κ2) is 8.78. The first-order valence-electron chi connectivity index (χ1n) is 11.4. The van der Waals surface area contributed by atoms with E-state index in [0.717, 1.165) is 58.9 Å². The summed E-state index contributed by atoms with van der Waals surface area (Å²) in [6.07, 6.45) is 6.08. The SMILES string of the molecule is COc1ccc2c(c1)SCCc1c(C(=O)Nc3c(C)n(C)n(C4CCCCC4)c3=O)noc1-2. The average Bonchev–Trinajstić information content (AvgIpc) is 3.27. The fourth-order valence-corrected chi connectivity index (χ4v) is 5.95. The minimum Gasteiger partial charge on any atom is -0.497 e. The van der Waals surface area contributed by atoms with Crippen LogP contribution >= 0.6 is 11.8 Å². The van der Waals surface area contributed by atoms with E-state index in [9.17, 15) is 9.59 Å². The maximum atomic E-state index is 13.3. The lowest BCUT2D eigenvalue weighted by atomic mass is 9.96. The number of ether oxygens (including phenoxy) is 1. The number of methoxy groups -OCH3 is 1. The number of carbonyl (C=O) groups excluding carboxylic acids is 1. The first-order chi connectivity index (χ1) is 16.0. The number of thioether (sulfide) groups is 1. The van der Waals surface area contributed by atoms with Crippen LogP contribution in [-0.4, -0.2) is 33.3 Å². The van der Waals surface area contributed by atoms with Gasteiger partial charge < -0.3 is 14.6 Å². The van der Waals surface area contributed by atoms with Crippen LogP contribution in [-0.2, 0) is 13.5 Å². The number of anilines is 1. The van der Waals surface area contributed by atoms with E-state index in [1.807, 2.05) is 36.9 Å². The second-order valence-corrected chi connectivity index (χ2v) is 9.82. The van der Waals surface area contributed by atoms with Gasteiger partial charge in [0.15, 0.2) is 11.5 Å². The summed E-state index contributed by atoms with van der Waals surface area (Å²) in [6, 6.07) is 5.95. The van der Waals surface area contributed by atoms with Crippen molar-refractivity contribution >= 4 is 23.4 Å². The molecule has 2 aliphatic rings. The number of amides is 1. The van der Waals surface area contributed by atoms with Crippen molar-refractivity contribution in [2.24, 2.45) is 7.05 Å². The van der Waals surface area contributed by atoms with Gasteiger partial charge in [0.1, 0.15) is 11.4 Å². The fourth-order valence-electron chi connectivity index (χ4n) is 4.91.